The van der Waals surface area contributed by atoms with Gasteiger partial charge in [0.2, 0.25) is 5.91 Å². The van der Waals surface area contributed by atoms with E-state index in [2.05, 4.69) is 22.3 Å². The molecule has 0 spiro atoms. The van der Waals surface area contributed by atoms with Crippen molar-refractivity contribution in [3.8, 4) is 11.5 Å². The zero-order valence-electron chi connectivity index (χ0n) is 23.9. The van der Waals surface area contributed by atoms with Crippen LogP contribution >= 0.6 is 0 Å². The van der Waals surface area contributed by atoms with Crippen molar-refractivity contribution in [1.82, 2.24) is 5.32 Å². The molecule has 1 fully saturated rings. The van der Waals surface area contributed by atoms with Crippen LogP contribution in [0.1, 0.15) is 48.9 Å². The number of carbonyl (C=O) groups excluding carboxylic acids is 1. The molecular formula is C31H39N3O5S. The lowest BCUT2D eigenvalue weighted by atomic mass is 10.1. The van der Waals surface area contributed by atoms with Gasteiger partial charge >= 0.3 is 0 Å². The van der Waals surface area contributed by atoms with Crippen molar-refractivity contribution in [2.75, 3.05) is 43.1 Å². The highest BCUT2D eigenvalue weighted by Crippen LogP contribution is 2.33. The van der Waals surface area contributed by atoms with Crippen molar-refractivity contribution in [2.45, 2.75) is 51.0 Å². The molecule has 0 radical (unpaired) electrons. The summed E-state index contributed by atoms with van der Waals surface area (Å²) in [5.74, 6) is 0.295. The van der Waals surface area contributed by atoms with E-state index in [1.165, 1.54) is 51.3 Å². The zero-order chi connectivity index (χ0) is 28.9. The van der Waals surface area contributed by atoms with Crippen molar-refractivity contribution < 1.29 is 22.7 Å². The van der Waals surface area contributed by atoms with Crippen LogP contribution in [0, 0.1) is 13.8 Å². The predicted octanol–water partition coefficient (Wildman–Crippen LogP) is 5.38. The minimum absolute atomic E-state index is 0.00143. The summed E-state index contributed by atoms with van der Waals surface area (Å²) in [6.07, 6.45) is 3.69. The molecule has 1 unspecified atom stereocenters. The Hall–Kier alpha value is -3.72. The highest BCUT2D eigenvalue weighted by molar-refractivity contribution is 7.92. The van der Waals surface area contributed by atoms with Crippen LogP contribution in [-0.4, -0.2) is 48.2 Å². The summed E-state index contributed by atoms with van der Waals surface area (Å²) in [7, 11) is -1.19. The van der Waals surface area contributed by atoms with Crippen LogP contribution < -0.4 is 24.0 Å². The van der Waals surface area contributed by atoms with Gasteiger partial charge in [0.25, 0.3) is 10.0 Å². The number of aryl methyl sites for hydroxylation is 2. The Morgan fingerprint density at radius 3 is 2.12 bits per heavy atom. The van der Waals surface area contributed by atoms with E-state index in [-0.39, 0.29) is 23.2 Å². The van der Waals surface area contributed by atoms with Gasteiger partial charge in [0, 0.05) is 24.8 Å². The lowest BCUT2D eigenvalue weighted by Gasteiger charge is -2.29. The second-order valence-electron chi connectivity index (χ2n) is 10.3. The van der Waals surface area contributed by atoms with E-state index < -0.39 is 15.9 Å². The molecule has 0 saturated carbocycles. The number of hydrogen-bond acceptors (Lipinski definition) is 6. The Kier molecular flexibility index (Phi) is 9.25. The summed E-state index contributed by atoms with van der Waals surface area (Å²) in [5, 5.41) is 2.99. The Bertz CT molecular complexity index is 1410. The quantitative estimate of drug-likeness (QED) is 0.355. The smallest absolute Gasteiger partial charge is 0.264 e. The van der Waals surface area contributed by atoms with Crippen molar-refractivity contribution in [2.24, 2.45) is 0 Å². The van der Waals surface area contributed by atoms with Gasteiger partial charge in [-0.3, -0.25) is 9.10 Å². The van der Waals surface area contributed by atoms with Crippen LogP contribution in [-0.2, 0) is 14.8 Å². The topological polar surface area (TPSA) is 88.2 Å². The molecular weight excluding hydrogens is 526 g/mol. The van der Waals surface area contributed by atoms with Crippen LogP contribution in [0.15, 0.2) is 65.6 Å². The number of nitrogens with one attached hydrogen (secondary N) is 1. The van der Waals surface area contributed by atoms with E-state index in [9.17, 15) is 13.2 Å². The van der Waals surface area contributed by atoms with Crippen molar-refractivity contribution in [1.29, 1.82) is 0 Å². The maximum Gasteiger partial charge on any atom is 0.264 e. The normalized spacial score (nSPS) is 14.4. The predicted molar refractivity (Wildman–Crippen MR) is 159 cm³/mol. The molecule has 40 heavy (non-hydrogen) atoms. The van der Waals surface area contributed by atoms with Gasteiger partial charge in [-0.1, -0.05) is 18.2 Å². The summed E-state index contributed by atoms with van der Waals surface area (Å²) >= 11 is 0. The average Bonchev–Trinajstić information content (AvgIpc) is 2.95. The number of benzene rings is 3. The molecule has 9 heteroatoms. The van der Waals surface area contributed by atoms with Gasteiger partial charge in [0.15, 0.2) is 11.5 Å². The van der Waals surface area contributed by atoms with Crippen LogP contribution in [0.2, 0.25) is 0 Å². The molecule has 1 aliphatic rings. The van der Waals surface area contributed by atoms with Crippen molar-refractivity contribution in [3.05, 3.63) is 77.4 Å². The minimum atomic E-state index is -4.13. The molecule has 1 heterocycles. The average molecular weight is 566 g/mol. The SMILES string of the molecule is COc1ccc(S(=O)(=O)N(CC(=O)NC(C)c2ccc(N3CCCCC3)cc2)c2cc(C)cc(C)c2)cc1OC. The number of hydrogen-bond donors (Lipinski definition) is 1. The number of methoxy groups -OCH3 is 2. The Labute approximate surface area is 238 Å². The van der Waals surface area contributed by atoms with E-state index in [1.807, 2.05) is 39.0 Å². The molecule has 8 nitrogen and oxygen atoms in total. The lowest BCUT2D eigenvalue weighted by molar-refractivity contribution is -0.120. The minimum Gasteiger partial charge on any atom is -0.493 e. The van der Waals surface area contributed by atoms with Gasteiger partial charge < -0.3 is 19.7 Å². The number of anilines is 2. The third kappa shape index (κ3) is 6.70. The Morgan fingerprint density at radius 1 is 0.900 bits per heavy atom. The van der Waals surface area contributed by atoms with Gasteiger partial charge in [-0.2, -0.15) is 0 Å². The number of rotatable bonds is 10. The Morgan fingerprint density at radius 2 is 1.52 bits per heavy atom. The van der Waals surface area contributed by atoms with E-state index in [4.69, 9.17) is 9.47 Å². The molecule has 3 aromatic carbocycles. The fraction of sp³-hybridized carbons (Fsp3) is 0.387. The molecule has 0 bridgehead atoms. The largest absolute Gasteiger partial charge is 0.493 e. The first-order chi connectivity index (χ1) is 19.1. The van der Waals surface area contributed by atoms with Gasteiger partial charge in [-0.25, -0.2) is 8.42 Å². The summed E-state index contributed by atoms with van der Waals surface area (Å²) in [4.78, 5) is 15.7. The molecule has 1 atom stereocenters. The zero-order valence-corrected chi connectivity index (χ0v) is 24.8. The standard InChI is InChI=1S/C31H39N3O5S/c1-22-17-23(2)19-27(18-22)34(40(36,37)28-13-14-29(38-4)30(20-28)39-5)21-31(35)32-24(3)25-9-11-26(12-10-25)33-15-7-6-8-16-33/h9-14,17-20,24H,6-8,15-16,21H2,1-5H3,(H,32,35). The van der Waals surface area contributed by atoms with E-state index >= 15 is 0 Å². The number of carbonyl (C=O) groups is 1. The summed E-state index contributed by atoms with van der Waals surface area (Å²) < 4.78 is 39.7. The third-order valence-corrected chi connectivity index (χ3v) is 8.99. The maximum absolute atomic E-state index is 13.9. The summed E-state index contributed by atoms with van der Waals surface area (Å²) in [6.45, 7) is 7.44. The van der Waals surface area contributed by atoms with Crippen molar-refractivity contribution in [3.63, 3.8) is 0 Å². The number of nitrogens with zero attached hydrogens (tertiary/aromatic N) is 2. The molecule has 1 N–H and O–H groups in total. The van der Waals surface area contributed by atoms with Gasteiger partial charge in [-0.05, 0) is 93.1 Å². The van der Waals surface area contributed by atoms with Gasteiger partial charge in [0.05, 0.1) is 30.8 Å². The highest BCUT2D eigenvalue weighted by atomic mass is 32.2. The fourth-order valence-corrected chi connectivity index (χ4v) is 6.56. The lowest BCUT2D eigenvalue weighted by Crippen LogP contribution is -2.41. The van der Waals surface area contributed by atoms with Gasteiger partial charge in [0.1, 0.15) is 6.54 Å². The number of amides is 1. The first-order valence-corrected chi connectivity index (χ1v) is 15.0. The number of piperidine rings is 1. The number of ether oxygens (including phenoxy) is 2. The third-order valence-electron chi connectivity index (χ3n) is 7.22. The van der Waals surface area contributed by atoms with E-state index in [0.29, 0.717) is 11.4 Å². The summed E-state index contributed by atoms with van der Waals surface area (Å²) in [5.41, 5.74) is 4.34. The van der Waals surface area contributed by atoms with E-state index in [1.54, 1.807) is 18.2 Å². The maximum atomic E-state index is 13.9. The molecule has 1 aliphatic heterocycles. The van der Waals surface area contributed by atoms with Crippen LogP contribution in [0.3, 0.4) is 0 Å². The number of sulfonamides is 1. The summed E-state index contributed by atoms with van der Waals surface area (Å²) in [6, 6.07) is 17.8. The first kappa shape index (κ1) is 29.3. The second kappa shape index (κ2) is 12.6. The molecule has 0 aromatic heterocycles. The molecule has 1 amide bonds. The van der Waals surface area contributed by atoms with Crippen LogP contribution in [0.25, 0.3) is 0 Å². The van der Waals surface area contributed by atoms with Crippen LogP contribution in [0.5, 0.6) is 11.5 Å². The monoisotopic (exact) mass is 565 g/mol. The molecule has 3 aromatic rings. The molecule has 214 valence electrons. The molecule has 4 rings (SSSR count). The molecule has 0 aliphatic carbocycles. The molecule has 1 saturated heterocycles. The second-order valence-corrected chi connectivity index (χ2v) is 12.2. The van der Waals surface area contributed by atoms with Gasteiger partial charge in [-0.15, -0.1) is 0 Å². The van der Waals surface area contributed by atoms with Crippen LogP contribution in [0.4, 0.5) is 11.4 Å². The van der Waals surface area contributed by atoms with E-state index in [0.717, 1.165) is 34.1 Å². The highest BCUT2D eigenvalue weighted by Gasteiger charge is 2.29. The Balaban J connectivity index is 1.57. The fourth-order valence-electron chi connectivity index (χ4n) is 5.14. The first-order valence-electron chi connectivity index (χ1n) is 13.6. The van der Waals surface area contributed by atoms with Crippen molar-refractivity contribution >= 4 is 27.3 Å².